The van der Waals surface area contributed by atoms with Crippen LogP contribution in [0.5, 0.6) is 0 Å². The van der Waals surface area contributed by atoms with E-state index in [4.69, 9.17) is 0 Å². The van der Waals surface area contributed by atoms with Gasteiger partial charge in [0.15, 0.2) is 0 Å². The van der Waals surface area contributed by atoms with Gasteiger partial charge in [-0.15, -0.1) is 0 Å². The van der Waals surface area contributed by atoms with E-state index in [9.17, 15) is 0 Å². The standard InChI is InChI=1S/C53H74/c1-11-15-18-21-24-40-31-39(5)32-45(34-40)53(46-35-41(25-22-19-16-12-2)33-42(36-46)26-23-20-17-13-3)49-37-43(51(6,7)8)27-29-47(49)48-30-28-44(38-50(48)53)52(9,10)14-4/h27-38H,11-26H2,1-10H3. The molecule has 0 heteroatoms. The van der Waals surface area contributed by atoms with Crippen molar-refractivity contribution < 1.29 is 0 Å². The van der Waals surface area contributed by atoms with Gasteiger partial charge in [-0.25, -0.2) is 0 Å². The molecule has 4 aromatic rings. The zero-order valence-corrected chi connectivity index (χ0v) is 35.7. The second-order valence-corrected chi connectivity index (χ2v) is 18.4. The first kappa shape index (κ1) is 41.1. The molecule has 53 heavy (non-hydrogen) atoms. The van der Waals surface area contributed by atoms with Gasteiger partial charge < -0.3 is 0 Å². The van der Waals surface area contributed by atoms with Crippen LogP contribution >= 0.6 is 0 Å². The summed E-state index contributed by atoms with van der Waals surface area (Å²) in [7, 11) is 0. The third-order valence-electron chi connectivity index (χ3n) is 12.7. The molecule has 0 nitrogen and oxygen atoms in total. The van der Waals surface area contributed by atoms with Crippen LogP contribution in [0, 0.1) is 6.92 Å². The fraction of sp³-hybridized carbons (Fsp3) is 0.547. The molecule has 286 valence electrons. The second-order valence-electron chi connectivity index (χ2n) is 18.4. The zero-order valence-electron chi connectivity index (χ0n) is 35.7. The molecule has 0 spiro atoms. The summed E-state index contributed by atoms with van der Waals surface area (Å²) in [5, 5.41) is 0. The molecule has 0 bridgehead atoms. The summed E-state index contributed by atoms with van der Waals surface area (Å²) in [5.41, 5.74) is 17.3. The van der Waals surface area contributed by atoms with Crippen LogP contribution in [0.3, 0.4) is 0 Å². The Morgan fingerprint density at radius 1 is 0.453 bits per heavy atom. The van der Waals surface area contributed by atoms with E-state index in [-0.39, 0.29) is 10.8 Å². The Morgan fingerprint density at radius 3 is 1.34 bits per heavy atom. The van der Waals surface area contributed by atoms with Crippen LogP contribution in [-0.4, -0.2) is 0 Å². The Morgan fingerprint density at radius 2 is 0.887 bits per heavy atom. The highest BCUT2D eigenvalue weighted by atomic mass is 14.5. The molecule has 0 N–H and O–H groups in total. The SMILES string of the molecule is CCCCCCc1cc(C)cc(C2(c3cc(CCCCCC)cc(CCCCCC)c3)c3cc(C(C)(C)C)ccc3-c3ccc(C(C)(C)CC)cc32)c1. The molecule has 0 fully saturated rings. The zero-order chi connectivity index (χ0) is 38.2. The molecule has 1 atom stereocenters. The molecule has 5 rings (SSSR count). The van der Waals surface area contributed by atoms with Crippen molar-refractivity contribution in [1.82, 2.24) is 0 Å². The number of aryl methyl sites for hydroxylation is 4. The molecule has 0 heterocycles. The van der Waals surface area contributed by atoms with Gasteiger partial charge in [0.2, 0.25) is 0 Å². The van der Waals surface area contributed by atoms with Crippen molar-refractivity contribution in [1.29, 1.82) is 0 Å². The van der Waals surface area contributed by atoms with Crippen LogP contribution in [0.4, 0.5) is 0 Å². The Bertz CT molecular complexity index is 1760. The van der Waals surface area contributed by atoms with Gasteiger partial charge in [-0.2, -0.15) is 0 Å². The number of fused-ring (bicyclic) bond motifs is 3. The molecule has 0 aliphatic heterocycles. The molecular weight excluding hydrogens is 637 g/mol. The number of unbranched alkanes of at least 4 members (excludes halogenated alkanes) is 9. The Hall–Kier alpha value is -3.12. The number of hydrogen-bond donors (Lipinski definition) is 0. The predicted octanol–water partition coefficient (Wildman–Crippen LogP) is 15.7. The third-order valence-corrected chi connectivity index (χ3v) is 12.7. The smallest absolute Gasteiger partial charge is 0.0654 e. The summed E-state index contributed by atoms with van der Waals surface area (Å²) in [5.74, 6) is 0. The largest absolute Gasteiger partial charge is 0.0714 e. The third kappa shape index (κ3) is 9.23. The monoisotopic (exact) mass is 711 g/mol. The van der Waals surface area contributed by atoms with E-state index in [1.165, 1.54) is 144 Å². The van der Waals surface area contributed by atoms with Gasteiger partial charge in [0, 0.05) is 0 Å². The highest BCUT2D eigenvalue weighted by Crippen LogP contribution is 2.58. The molecule has 1 unspecified atom stereocenters. The average Bonchev–Trinajstić information content (AvgIpc) is 3.43. The van der Waals surface area contributed by atoms with E-state index in [0.717, 1.165) is 25.7 Å². The molecule has 1 aliphatic rings. The van der Waals surface area contributed by atoms with Crippen molar-refractivity contribution in [2.24, 2.45) is 0 Å². The maximum atomic E-state index is 2.66. The Balaban J connectivity index is 1.87. The maximum absolute atomic E-state index is 2.66. The fourth-order valence-corrected chi connectivity index (χ4v) is 8.96. The summed E-state index contributed by atoms with van der Waals surface area (Å²) < 4.78 is 0. The van der Waals surface area contributed by atoms with Crippen LogP contribution in [0.15, 0.2) is 72.8 Å². The average molecular weight is 711 g/mol. The lowest BCUT2D eigenvalue weighted by Crippen LogP contribution is -2.30. The summed E-state index contributed by atoms with van der Waals surface area (Å²) >= 11 is 0. The summed E-state index contributed by atoms with van der Waals surface area (Å²) in [6.07, 6.45) is 20.1. The van der Waals surface area contributed by atoms with E-state index in [0.29, 0.717) is 0 Å². The molecule has 0 saturated carbocycles. The Kier molecular flexibility index (Phi) is 13.9. The minimum Gasteiger partial charge on any atom is -0.0654 e. The summed E-state index contributed by atoms with van der Waals surface area (Å²) in [4.78, 5) is 0. The van der Waals surface area contributed by atoms with Gasteiger partial charge in [0.05, 0.1) is 5.41 Å². The lowest BCUT2D eigenvalue weighted by atomic mass is 9.65. The molecular formula is C53H74. The lowest BCUT2D eigenvalue weighted by Gasteiger charge is -2.37. The molecule has 0 amide bonds. The minimum absolute atomic E-state index is 0.0491. The first-order valence-electron chi connectivity index (χ1n) is 21.9. The first-order chi connectivity index (χ1) is 25.4. The van der Waals surface area contributed by atoms with Crippen molar-refractivity contribution in [3.8, 4) is 11.1 Å². The second kappa shape index (κ2) is 18.0. The summed E-state index contributed by atoms with van der Waals surface area (Å²) in [6, 6.07) is 30.7. The van der Waals surface area contributed by atoms with Crippen molar-refractivity contribution >= 4 is 0 Å². The van der Waals surface area contributed by atoms with E-state index < -0.39 is 5.41 Å². The fourth-order valence-electron chi connectivity index (χ4n) is 8.96. The Labute approximate surface area is 326 Å². The van der Waals surface area contributed by atoms with Gasteiger partial charge in [0.25, 0.3) is 0 Å². The predicted molar refractivity (Wildman–Crippen MR) is 234 cm³/mol. The van der Waals surface area contributed by atoms with Crippen LogP contribution in [0.25, 0.3) is 11.1 Å². The summed E-state index contributed by atoms with van der Waals surface area (Å²) in [6.45, 7) is 23.7. The van der Waals surface area contributed by atoms with Gasteiger partial charge in [0.1, 0.15) is 0 Å². The topological polar surface area (TPSA) is 0 Å². The lowest BCUT2D eigenvalue weighted by molar-refractivity contribution is 0.505. The number of rotatable bonds is 19. The van der Waals surface area contributed by atoms with Crippen LogP contribution < -0.4 is 0 Å². The van der Waals surface area contributed by atoms with Crippen molar-refractivity contribution in [2.45, 2.75) is 188 Å². The van der Waals surface area contributed by atoms with Gasteiger partial charge in [-0.05, 0) is 124 Å². The van der Waals surface area contributed by atoms with E-state index in [1.54, 1.807) is 0 Å². The molecule has 4 aromatic carbocycles. The van der Waals surface area contributed by atoms with Crippen molar-refractivity contribution in [3.63, 3.8) is 0 Å². The van der Waals surface area contributed by atoms with Crippen molar-refractivity contribution in [2.75, 3.05) is 0 Å². The van der Waals surface area contributed by atoms with Gasteiger partial charge >= 0.3 is 0 Å². The molecule has 0 radical (unpaired) electrons. The van der Waals surface area contributed by atoms with E-state index in [1.807, 2.05) is 0 Å². The van der Waals surface area contributed by atoms with Crippen LogP contribution in [0.1, 0.15) is 201 Å². The highest BCUT2D eigenvalue weighted by Gasteiger charge is 2.47. The van der Waals surface area contributed by atoms with Crippen molar-refractivity contribution in [3.05, 3.63) is 128 Å². The molecule has 0 saturated heterocycles. The quantitative estimate of drug-likeness (QED) is 0.0749. The number of benzene rings is 4. The van der Waals surface area contributed by atoms with E-state index in [2.05, 4.69) is 142 Å². The normalized spacial score (nSPS) is 15.5. The minimum atomic E-state index is -0.395. The van der Waals surface area contributed by atoms with Crippen LogP contribution in [0.2, 0.25) is 0 Å². The van der Waals surface area contributed by atoms with E-state index >= 15 is 0 Å². The van der Waals surface area contributed by atoms with Gasteiger partial charge in [-0.3, -0.25) is 0 Å². The maximum Gasteiger partial charge on any atom is 0.0714 e. The molecule has 0 aromatic heterocycles. The number of hydrogen-bond acceptors (Lipinski definition) is 0. The first-order valence-corrected chi connectivity index (χ1v) is 21.9. The molecule has 1 aliphatic carbocycles. The highest BCUT2D eigenvalue weighted by molar-refractivity contribution is 5.87. The van der Waals surface area contributed by atoms with Crippen LogP contribution in [-0.2, 0) is 35.5 Å². The van der Waals surface area contributed by atoms with Gasteiger partial charge in [-0.1, -0.05) is 198 Å².